The molecule has 0 bridgehead atoms. The van der Waals surface area contributed by atoms with E-state index in [4.69, 9.17) is 4.74 Å². The van der Waals surface area contributed by atoms with E-state index in [1.54, 1.807) is 32.4 Å². The van der Waals surface area contributed by atoms with Gasteiger partial charge in [0.1, 0.15) is 0 Å². The molecule has 0 atom stereocenters. The van der Waals surface area contributed by atoms with Crippen LogP contribution in [0.5, 0.6) is 0 Å². The summed E-state index contributed by atoms with van der Waals surface area (Å²) in [5, 5.41) is 8.32. The van der Waals surface area contributed by atoms with Crippen LogP contribution in [0.25, 0.3) is 10.8 Å². The van der Waals surface area contributed by atoms with Crippen molar-refractivity contribution < 1.29 is 9.53 Å². The third-order valence-electron chi connectivity index (χ3n) is 4.51. The van der Waals surface area contributed by atoms with Crippen molar-refractivity contribution in [3.8, 4) is 0 Å². The molecular formula is C17H21N3O3. The summed E-state index contributed by atoms with van der Waals surface area (Å²) < 4.78 is 6.57. The van der Waals surface area contributed by atoms with Crippen molar-refractivity contribution in [1.82, 2.24) is 15.1 Å². The maximum atomic E-state index is 12.6. The van der Waals surface area contributed by atoms with Crippen molar-refractivity contribution in [2.45, 2.75) is 37.8 Å². The number of ether oxygens (including phenoxy) is 1. The largest absolute Gasteiger partial charge is 0.381 e. The topological polar surface area (TPSA) is 73.2 Å². The normalized spacial score (nSPS) is 21.3. The summed E-state index contributed by atoms with van der Waals surface area (Å²) in [5.41, 5.74) is 0.106. The second-order valence-electron chi connectivity index (χ2n) is 6.01. The third kappa shape index (κ3) is 3.12. The van der Waals surface area contributed by atoms with Crippen LogP contribution >= 0.6 is 0 Å². The molecule has 1 fully saturated rings. The summed E-state index contributed by atoms with van der Waals surface area (Å²) in [6.45, 7) is 0. The number of methoxy groups -OCH3 is 1. The highest BCUT2D eigenvalue weighted by Crippen LogP contribution is 2.21. The molecule has 1 heterocycles. The predicted octanol–water partition coefficient (Wildman–Crippen LogP) is 1.62. The smallest absolute Gasteiger partial charge is 0.274 e. The summed E-state index contributed by atoms with van der Waals surface area (Å²) in [5.74, 6) is -0.224. The van der Waals surface area contributed by atoms with Crippen LogP contribution in [0, 0.1) is 0 Å². The van der Waals surface area contributed by atoms with Crippen LogP contribution in [-0.2, 0) is 11.8 Å². The van der Waals surface area contributed by atoms with E-state index < -0.39 is 0 Å². The van der Waals surface area contributed by atoms with Crippen molar-refractivity contribution in [3.63, 3.8) is 0 Å². The Morgan fingerprint density at radius 1 is 1.22 bits per heavy atom. The van der Waals surface area contributed by atoms with Gasteiger partial charge in [-0.2, -0.15) is 5.10 Å². The highest BCUT2D eigenvalue weighted by molar-refractivity contribution is 6.04. The van der Waals surface area contributed by atoms with Crippen molar-refractivity contribution in [2.24, 2.45) is 7.05 Å². The Kier molecular flexibility index (Phi) is 4.43. The fraction of sp³-hybridized carbons (Fsp3) is 0.471. The second kappa shape index (κ2) is 6.50. The molecule has 0 unspecified atom stereocenters. The highest BCUT2D eigenvalue weighted by Gasteiger charge is 2.24. The van der Waals surface area contributed by atoms with Crippen LogP contribution in [0.3, 0.4) is 0 Å². The first-order chi connectivity index (χ1) is 11.1. The molecule has 1 aliphatic rings. The molecule has 0 aliphatic heterocycles. The van der Waals surface area contributed by atoms with Gasteiger partial charge in [0.2, 0.25) is 0 Å². The number of aromatic nitrogens is 2. The molecule has 1 aromatic carbocycles. The van der Waals surface area contributed by atoms with Gasteiger partial charge < -0.3 is 10.1 Å². The molecule has 2 aromatic rings. The molecule has 1 saturated carbocycles. The number of amides is 1. The van der Waals surface area contributed by atoms with Gasteiger partial charge in [-0.25, -0.2) is 4.68 Å². The molecule has 23 heavy (non-hydrogen) atoms. The summed E-state index contributed by atoms with van der Waals surface area (Å²) in [4.78, 5) is 24.7. The number of benzene rings is 1. The highest BCUT2D eigenvalue weighted by atomic mass is 16.5. The van der Waals surface area contributed by atoms with Crippen molar-refractivity contribution in [2.75, 3.05) is 7.11 Å². The van der Waals surface area contributed by atoms with Gasteiger partial charge in [0.25, 0.3) is 11.5 Å². The molecule has 6 nitrogen and oxygen atoms in total. The van der Waals surface area contributed by atoms with Crippen molar-refractivity contribution in [1.29, 1.82) is 0 Å². The molecule has 1 N–H and O–H groups in total. The van der Waals surface area contributed by atoms with E-state index in [1.807, 2.05) is 6.07 Å². The molecule has 0 radical (unpaired) electrons. The van der Waals surface area contributed by atoms with Gasteiger partial charge in [-0.15, -0.1) is 0 Å². The number of carbonyl (C=O) groups is 1. The van der Waals surface area contributed by atoms with Gasteiger partial charge in [-0.1, -0.05) is 18.2 Å². The van der Waals surface area contributed by atoms with E-state index in [0.29, 0.717) is 22.6 Å². The molecule has 122 valence electrons. The first kappa shape index (κ1) is 15.7. The zero-order valence-corrected chi connectivity index (χ0v) is 13.4. The molecule has 6 heteroatoms. The Bertz CT molecular complexity index is 776. The Morgan fingerprint density at radius 2 is 1.87 bits per heavy atom. The number of hydrogen-bond acceptors (Lipinski definition) is 4. The Hall–Kier alpha value is -2.21. The van der Waals surface area contributed by atoms with Gasteiger partial charge in [-0.05, 0) is 31.7 Å². The lowest BCUT2D eigenvalue weighted by atomic mass is 9.93. The Morgan fingerprint density at radius 3 is 2.52 bits per heavy atom. The number of carbonyl (C=O) groups excluding carboxylic acids is 1. The van der Waals surface area contributed by atoms with Crippen LogP contribution in [0.1, 0.15) is 36.2 Å². The van der Waals surface area contributed by atoms with Gasteiger partial charge in [0.15, 0.2) is 5.69 Å². The van der Waals surface area contributed by atoms with E-state index in [0.717, 1.165) is 25.7 Å². The summed E-state index contributed by atoms with van der Waals surface area (Å²) in [7, 11) is 3.29. The Labute approximate surface area is 134 Å². The van der Waals surface area contributed by atoms with Gasteiger partial charge >= 0.3 is 0 Å². The monoisotopic (exact) mass is 315 g/mol. The van der Waals surface area contributed by atoms with Crippen LogP contribution < -0.4 is 10.9 Å². The van der Waals surface area contributed by atoms with E-state index in [9.17, 15) is 9.59 Å². The van der Waals surface area contributed by atoms with Crippen LogP contribution in [0.15, 0.2) is 29.1 Å². The average Bonchev–Trinajstić information content (AvgIpc) is 2.58. The van der Waals surface area contributed by atoms with Crippen LogP contribution in [0.4, 0.5) is 0 Å². The maximum Gasteiger partial charge on any atom is 0.274 e. The predicted molar refractivity (Wildman–Crippen MR) is 87.5 cm³/mol. The lowest BCUT2D eigenvalue weighted by Gasteiger charge is -2.28. The quantitative estimate of drug-likeness (QED) is 0.934. The minimum atomic E-state index is -0.224. The number of rotatable bonds is 3. The lowest BCUT2D eigenvalue weighted by molar-refractivity contribution is 0.0598. The summed E-state index contributed by atoms with van der Waals surface area (Å²) >= 11 is 0. The minimum absolute atomic E-state index is 0.131. The van der Waals surface area contributed by atoms with Crippen LogP contribution in [0.2, 0.25) is 0 Å². The molecule has 3 rings (SSSR count). The van der Waals surface area contributed by atoms with E-state index in [-0.39, 0.29) is 17.5 Å². The minimum Gasteiger partial charge on any atom is -0.381 e. The third-order valence-corrected chi connectivity index (χ3v) is 4.51. The number of hydrogen-bond donors (Lipinski definition) is 1. The number of aryl methyl sites for hydroxylation is 1. The fourth-order valence-electron chi connectivity index (χ4n) is 3.16. The summed E-state index contributed by atoms with van der Waals surface area (Å²) in [6, 6.07) is 7.22. The van der Waals surface area contributed by atoms with Crippen molar-refractivity contribution in [3.05, 3.63) is 40.3 Å². The average molecular weight is 315 g/mol. The molecule has 1 amide bonds. The van der Waals surface area contributed by atoms with Crippen LogP contribution in [-0.4, -0.2) is 34.9 Å². The zero-order valence-electron chi connectivity index (χ0n) is 13.4. The number of nitrogens with zero attached hydrogens (tertiary/aromatic N) is 2. The molecule has 1 aliphatic carbocycles. The summed E-state index contributed by atoms with van der Waals surface area (Å²) in [6.07, 6.45) is 3.98. The van der Waals surface area contributed by atoms with Gasteiger partial charge in [-0.3, -0.25) is 9.59 Å². The molecule has 1 aromatic heterocycles. The molecule has 0 spiro atoms. The van der Waals surface area contributed by atoms with E-state index >= 15 is 0 Å². The fourth-order valence-corrected chi connectivity index (χ4v) is 3.16. The zero-order chi connectivity index (χ0) is 16.4. The van der Waals surface area contributed by atoms with Gasteiger partial charge in [0, 0.05) is 25.6 Å². The SMILES string of the molecule is COC1CCC(NC(=O)c2nn(C)c(=O)c3ccccc23)CC1. The van der Waals surface area contributed by atoms with E-state index in [1.165, 1.54) is 4.68 Å². The van der Waals surface area contributed by atoms with Gasteiger partial charge in [0.05, 0.1) is 11.5 Å². The molecular weight excluding hydrogens is 294 g/mol. The molecule has 0 saturated heterocycles. The first-order valence-corrected chi connectivity index (χ1v) is 7.90. The lowest BCUT2D eigenvalue weighted by Crippen LogP contribution is -2.40. The Balaban J connectivity index is 1.84. The van der Waals surface area contributed by atoms with Crippen molar-refractivity contribution >= 4 is 16.7 Å². The maximum absolute atomic E-state index is 12.6. The number of fused-ring (bicyclic) bond motifs is 1. The van der Waals surface area contributed by atoms with E-state index in [2.05, 4.69) is 10.4 Å². The second-order valence-corrected chi connectivity index (χ2v) is 6.01. The first-order valence-electron chi connectivity index (χ1n) is 7.90. The number of nitrogens with one attached hydrogen (secondary N) is 1. The standard InChI is InChI=1S/C17H21N3O3/c1-20-17(22)14-6-4-3-5-13(14)15(19-20)16(21)18-11-7-9-12(23-2)10-8-11/h3-6,11-12H,7-10H2,1-2H3,(H,18,21).